The third kappa shape index (κ3) is 12.6. The van der Waals surface area contributed by atoms with Crippen molar-refractivity contribution in [3.05, 3.63) is 113 Å². The van der Waals surface area contributed by atoms with E-state index in [4.69, 9.17) is 33.2 Å². The Balaban J connectivity index is 1.36. The zero-order chi connectivity index (χ0) is 45.8. The fourth-order valence-corrected chi connectivity index (χ4v) is 8.29. The van der Waals surface area contributed by atoms with E-state index < -0.39 is 83.9 Å². The number of aliphatic hydroxyl groups excluding tert-OH is 1. The molecule has 3 aromatic rings. The minimum Gasteiger partial charge on any atom is -0.453 e. The summed E-state index contributed by atoms with van der Waals surface area (Å²) in [5.41, 5.74) is 2.14. The summed E-state index contributed by atoms with van der Waals surface area (Å²) in [7, 11) is 1.46. The van der Waals surface area contributed by atoms with Gasteiger partial charge in [-0.2, -0.15) is 0 Å². The molecule has 0 aliphatic carbocycles. The quantitative estimate of drug-likeness (QED) is 0.0693. The molecule has 5 rings (SSSR count). The van der Waals surface area contributed by atoms with Gasteiger partial charge in [-0.25, -0.2) is 9.69 Å². The first-order valence-corrected chi connectivity index (χ1v) is 21.4. The second-order valence-corrected chi connectivity index (χ2v) is 16.9. The van der Waals surface area contributed by atoms with Crippen LogP contribution < -0.4 is 0 Å². The summed E-state index contributed by atoms with van der Waals surface area (Å²) < 4.78 is 42.2. The lowest BCUT2D eigenvalue weighted by molar-refractivity contribution is -0.319. The van der Waals surface area contributed by atoms with Crippen LogP contribution in [0.15, 0.2) is 91.0 Å². The van der Waals surface area contributed by atoms with E-state index in [1.54, 1.807) is 32.0 Å². The third-order valence-corrected chi connectivity index (χ3v) is 11.2. The molecular weight excluding hydrogens is 811 g/mol. The number of benzene rings is 3. The Morgan fingerprint density at radius 1 is 0.857 bits per heavy atom. The topological polar surface area (TPSA) is 173 Å². The zero-order valence-corrected chi connectivity index (χ0v) is 37.4. The molecule has 3 aromatic carbocycles. The van der Waals surface area contributed by atoms with Gasteiger partial charge < -0.3 is 38.3 Å². The Morgan fingerprint density at radius 3 is 2.03 bits per heavy atom. The summed E-state index contributed by atoms with van der Waals surface area (Å²) in [4.78, 5) is 68.8. The molecule has 0 radical (unpaired) electrons. The molecule has 2 saturated heterocycles. The summed E-state index contributed by atoms with van der Waals surface area (Å²) in [5.74, 6) is -4.28. The zero-order valence-electron chi connectivity index (χ0n) is 37.4. The van der Waals surface area contributed by atoms with Gasteiger partial charge in [0, 0.05) is 32.6 Å². The molecule has 1 N–H and O–H groups in total. The third-order valence-electron chi connectivity index (χ3n) is 11.2. The maximum atomic E-state index is 14.2. The maximum Gasteiger partial charge on any atom is 0.417 e. The van der Waals surface area contributed by atoms with Crippen LogP contribution in [-0.4, -0.2) is 108 Å². The average molecular weight is 872 g/mol. The lowest BCUT2D eigenvalue weighted by atomic mass is 9.87. The van der Waals surface area contributed by atoms with Gasteiger partial charge in [0.25, 0.3) is 0 Å². The number of imide groups is 1. The Bertz CT molecular complexity index is 2050. The largest absolute Gasteiger partial charge is 0.453 e. The van der Waals surface area contributed by atoms with E-state index >= 15 is 0 Å². The first-order chi connectivity index (χ1) is 30.1. The van der Waals surface area contributed by atoms with E-state index in [1.807, 2.05) is 87.5 Å². The molecule has 8 unspecified atom stereocenters. The number of aryl methyl sites for hydroxylation is 1. The van der Waals surface area contributed by atoms with E-state index in [0.717, 1.165) is 34.6 Å². The molecule has 2 aliphatic heterocycles. The van der Waals surface area contributed by atoms with Crippen molar-refractivity contribution in [2.75, 3.05) is 20.3 Å². The van der Waals surface area contributed by atoms with Crippen molar-refractivity contribution in [1.82, 2.24) is 4.90 Å². The fourth-order valence-electron chi connectivity index (χ4n) is 8.29. The lowest BCUT2D eigenvalue weighted by Gasteiger charge is -2.45. The Hall–Kier alpha value is -5.09. The second kappa shape index (κ2) is 22.5. The fraction of sp³-hybridized carbons (Fsp3) is 0.490. The molecule has 2 aliphatic rings. The molecule has 340 valence electrons. The summed E-state index contributed by atoms with van der Waals surface area (Å²) >= 11 is 0. The summed E-state index contributed by atoms with van der Waals surface area (Å²) in [6, 6.07) is 25.6. The van der Waals surface area contributed by atoms with Crippen LogP contribution in [0.2, 0.25) is 0 Å². The highest BCUT2D eigenvalue weighted by atomic mass is 16.7. The molecule has 0 saturated carbocycles. The molecule has 14 heteroatoms. The van der Waals surface area contributed by atoms with Crippen LogP contribution >= 0.6 is 0 Å². The molecule has 8 atom stereocenters. The highest BCUT2D eigenvalue weighted by Gasteiger charge is 2.54. The van der Waals surface area contributed by atoms with E-state index in [2.05, 4.69) is 0 Å². The van der Waals surface area contributed by atoms with Crippen molar-refractivity contribution in [2.45, 2.75) is 123 Å². The number of hydrogen-bond donors (Lipinski definition) is 1. The number of hydrogen-bond acceptors (Lipinski definition) is 13. The molecule has 63 heavy (non-hydrogen) atoms. The number of allylic oxidation sites excluding steroid dienone is 1. The van der Waals surface area contributed by atoms with E-state index in [-0.39, 0.29) is 50.8 Å². The van der Waals surface area contributed by atoms with Gasteiger partial charge in [-0.3, -0.25) is 19.2 Å². The maximum absolute atomic E-state index is 14.2. The van der Waals surface area contributed by atoms with Crippen LogP contribution in [0.3, 0.4) is 0 Å². The molecule has 14 nitrogen and oxygen atoms in total. The van der Waals surface area contributed by atoms with Gasteiger partial charge in [0.1, 0.15) is 30.0 Å². The van der Waals surface area contributed by atoms with Crippen LogP contribution in [0.5, 0.6) is 0 Å². The summed E-state index contributed by atoms with van der Waals surface area (Å²) in [6.45, 7) is 11.6. The first-order valence-electron chi connectivity index (χ1n) is 21.4. The summed E-state index contributed by atoms with van der Waals surface area (Å²) in [5, 5.41) is 10.4. The minimum absolute atomic E-state index is 0.0377. The number of nitrogens with zero attached hydrogens (tertiary/aromatic N) is 1. The van der Waals surface area contributed by atoms with Gasteiger partial charge >= 0.3 is 12.1 Å². The molecule has 0 aromatic heterocycles. The van der Waals surface area contributed by atoms with Gasteiger partial charge in [0.05, 0.1) is 31.8 Å². The number of carbonyl (C=O) groups excluding carboxylic acids is 5. The van der Waals surface area contributed by atoms with Crippen molar-refractivity contribution in [2.24, 2.45) is 11.8 Å². The van der Waals surface area contributed by atoms with Gasteiger partial charge in [-0.1, -0.05) is 104 Å². The molecule has 2 amide bonds. The minimum atomic E-state index is -1.65. The van der Waals surface area contributed by atoms with Crippen molar-refractivity contribution >= 4 is 35.1 Å². The highest BCUT2D eigenvalue weighted by molar-refractivity contribution is 6.25. The Kier molecular flexibility index (Phi) is 17.5. The predicted molar refractivity (Wildman–Crippen MR) is 232 cm³/mol. The van der Waals surface area contributed by atoms with Gasteiger partial charge in [-0.05, 0) is 62.8 Å². The number of aliphatic hydroxyl groups is 1. The number of cyclic esters (lactones) is 1. The van der Waals surface area contributed by atoms with Crippen molar-refractivity contribution < 1.29 is 62.2 Å². The normalized spacial score (nSPS) is 23.2. The van der Waals surface area contributed by atoms with Crippen molar-refractivity contribution in [3.8, 4) is 0 Å². The number of ether oxygens (including phenoxy) is 7. The van der Waals surface area contributed by atoms with Crippen molar-refractivity contribution in [3.63, 3.8) is 0 Å². The van der Waals surface area contributed by atoms with Crippen LogP contribution in [0.25, 0.3) is 5.57 Å². The first kappa shape index (κ1) is 48.9. The summed E-state index contributed by atoms with van der Waals surface area (Å²) in [6.07, 6.45) is -5.42. The van der Waals surface area contributed by atoms with E-state index in [0.29, 0.717) is 5.56 Å². The predicted octanol–water partition coefficient (Wildman–Crippen LogP) is 6.57. The number of amides is 2. The molecule has 0 spiro atoms. The lowest BCUT2D eigenvalue weighted by Crippen LogP contribution is -2.61. The van der Waals surface area contributed by atoms with Crippen LogP contribution in [0.4, 0.5) is 4.79 Å². The smallest absolute Gasteiger partial charge is 0.417 e. The van der Waals surface area contributed by atoms with Gasteiger partial charge in [0.15, 0.2) is 24.0 Å². The molecule has 2 heterocycles. The molecule has 2 fully saturated rings. The van der Waals surface area contributed by atoms with E-state index in [9.17, 15) is 29.1 Å². The second-order valence-electron chi connectivity index (χ2n) is 16.9. The SMILES string of the molecule is COC1OC(CO)C(OCc2ccccc2)C(OCc2ccccc2)C1OCCCC(=O)C(=CC(=O)C(OC(C)=O)C(C)C(=O)N1C(=O)OC(C)(C)C1C(C)C)c1cccc(C)c1. The van der Waals surface area contributed by atoms with Crippen LogP contribution in [-0.2, 0) is 65.5 Å². The van der Waals surface area contributed by atoms with Crippen molar-refractivity contribution in [1.29, 1.82) is 0 Å². The monoisotopic (exact) mass is 871 g/mol. The Morgan fingerprint density at radius 2 is 1.48 bits per heavy atom. The van der Waals surface area contributed by atoms with E-state index in [1.165, 1.54) is 14.0 Å². The molecule has 0 bridgehead atoms. The Labute approximate surface area is 369 Å². The highest BCUT2D eigenvalue weighted by Crippen LogP contribution is 2.36. The number of Topliss-reactive ketones (excluding diaryl/α,β-unsaturated/α-hetero) is 1. The van der Waals surface area contributed by atoms with Gasteiger partial charge in [0.2, 0.25) is 5.91 Å². The number of esters is 1. The number of carbonyl (C=O) groups is 5. The number of rotatable bonds is 21. The van der Waals surface area contributed by atoms with Gasteiger partial charge in [-0.15, -0.1) is 0 Å². The molecular formula is C49H61NO13. The number of ketones is 2. The standard InChI is InChI=1S/C49H61NO13/c1-30(2)45-49(6,7)63-48(56)50(45)46(55)32(4)41(61-33(5)52)39(54)26-37(36-22-15-17-31(3)25-36)38(53)23-16-24-58-44-43(60-29-35-20-13-10-14-21-35)42(40(27-51)62-47(44)57-8)59-28-34-18-11-9-12-19-34/h9-15,17-22,25-26,30,32,40-45,47,51H,16,23-24,27-29H2,1-8H3. The average Bonchev–Trinajstić information content (AvgIpc) is 3.51. The van der Waals surface area contributed by atoms with Crippen LogP contribution in [0.1, 0.15) is 76.6 Å². The van der Waals surface area contributed by atoms with Crippen LogP contribution in [0, 0.1) is 18.8 Å². The number of methoxy groups -OCH3 is 1.